The van der Waals surface area contributed by atoms with E-state index in [1.54, 1.807) is 9.13 Å². The minimum Gasteiger partial charge on any atom is -0.491 e. The predicted octanol–water partition coefficient (Wildman–Crippen LogP) is 4.27. The Morgan fingerprint density at radius 2 is 1.67 bits per heavy atom. The summed E-state index contributed by atoms with van der Waals surface area (Å²) in [4.78, 5) is 25.4. The number of hydrogen-bond acceptors (Lipinski definition) is 3. The quantitative estimate of drug-likeness (QED) is 0.574. The Kier molecular flexibility index (Phi) is 6.98. The normalized spacial score (nSPS) is 12.3. The molecule has 1 aromatic heterocycles. The summed E-state index contributed by atoms with van der Waals surface area (Å²) < 4.78 is 9.23. The van der Waals surface area contributed by atoms with Gasteiger partial charge in [-0.3, -0.25) is 13.9 Å². The van der Waals surface area contributed by atoms with E-state index in [-0.39, 0.29) is 30.2 Å². The third-order valence-electron chi connectivity index (χ3n) is 5.04. The van der Waals surface area contributed by atoms with Gasteiger partial charge in [-0.1, -0.05) is 31.2 Å². The van der Waals surface area contributed by atoms with Crippen molar-refractivity contribution < 1.29 is 9.53 Å². The van der Waals surface area contributed by atoms with Crippen LogP contribution in [0.25, 0.3) is 11.0 Å². The van der Waals surface area contributed by atoms with Gasteiger partial charge in [0.05, 0.1) is 23.2 Å². The maximum Gasteiger partial charge on any atom is 0.329 e. The number of hydrogen-bond donors (Lipinski definition) is 1. The molecule has 3 aromatic rings. The van der Waals surface area contributed by atoms with E-state index in [1.165, 1.54) is 0 Å². The highest BCUT2D eigenvalue weighted by atomic mass is 16.5. The second-order valence-electron chi connectivity index (χ2n) is 7.85. The van der Waals surface area contributed by atoms with E-state index in [0.29, 0.717) is 13.1 Å². The molecule has 1 amide bonds. The van der Waals surface area contributed by atoms with Crippen LogP contribution in [0.3, 0.4) is 0 Å². The molecule has 160 valence electrons. The summed E-state index contributed by atoms with van der Waals surface area (Å²) in [7, 11) is 0. The minimum absolute atomic E-state index is 0.0579. The zero-order chi connectivity index (χ0) is 21.7. The van der Waals surface area contributed by atoms with Crippen LogP contribution in [0.2, 0.25) is 0 Å². The van der Waals surface area contributed by atoms with Crippen LogP contribution < -0.4 is 15.7 Å². The Labute approximate surface area is 177 Å². The van der Waals surface area contributed by atoms with Crippen molar-refractivity contribution in [2.75, 3.05) is 0 Å². The third-order valence-corrected chi connectivity index (χ3v) is 5.04. The van der Waals surface area contributed by atoms with Gasteiger partial charge in [0.1, 0.15) is 5.75 Å². The summed E-state index contributed by atoms with van der Waals surface area (Å²) >= 11 is 0. The largest absolute Gasteiger partial charge is 0.491 e. The summed E-state index contributed by atoms with van der Waals surface area (Å²) in [5.41, 5.74) is 2.71. The number of aromatic nitrogens is 2. The number of carbonyl (C=O) groups excluding carboxylic acids is 1. The second kappa shape index (κ2) is 9.65. The molecule has 6 nitrogen and oxygen atoms in total. The zero-order valence-corrected chi connectivity index (χ0v) is 18.2. The first-order valence-electron chi connectivity index (χ1n) is 10.6. The van der Waals surface area contributed by atoms with E-state index >= 15 is 0 Å². The molecule has 3 rings (SSSR count). The third kappa shape index (κ3) is 4.93. The smallest absolute Gasteiger partial charge is 0.329 e. The van der Waals surface area contributed by atoms with Crippen molar-refractivity contribution in [3.05, 3.63) is 64.6 Å². The molecule has 30 heavy (non-hydrogen) atoms. The molecule has 0 bridgehead atoms. The number of nitrogens with one attached hydrogen (secondary N) is 1. The van der Waals surface area contributed by atoms with Crippen molar-refractivity contribution >= 4 is 16.9 Å². The van der Waals surface area contributed by atoms with Gasteiger partial charge in [-0.25, -0.2) is 4.79 Å². The fourth-order valence-electron chi connectivity index (χ4n) is 3.67. The predicted molar refractivity (Wildman–Crippen MR) is 120 cm³/mol. The SMILES string of the molecule is CCCn1c(=O)n(CCC(=O)NC(C)c2cccc(OC(C)C)c2)c2ccccc21. The van der Waals surface area contributed by atoms with E-state index in [0.717, 1.165) is 28.8 Å². The molecule has 0 aliphatic rings. The Hall–Kier alpha value is -3.02. The molecular formula is C24H31N3O3. The highest BCUT2D eigenvalue weighted by Crippen LogP contribution is 2.20. The van der Waals surface area contributed by atoms with Crippen LogP contribution in [0.4, 0.5) is 0 Å². The van der Waals surface area contributed by atoms with Crippen LogP contribution in [0, 0.1) is 0 Å². The van der Waals surface area contributed by atoms with Crippen molar-refractivity contribution in [2.45, 2.75) is 65.8 Å². The van der Waals surface area contributed by atoms with Crippen molar-refractivity contribution in [2.24, 2.45) is 0 Å². The maximum atomic E-state index is 12.8. The monoisotopic (exact) mass is 409 g/mol. The molecule has 0 spiro atoms. The highest BCUT2D eigenvalue weighted by molar-refractivity contribution is 5.78. The van der Waals surface area contributed by atoms with Crippen molar-refractivity contribution in [1.82, 2.24) is 14.5 Å². The van der Waals surface area contributed by atoms with E-state index in [4.69, 9.17) is 4.74 Å². The molecule has 0 radical (unpaired) electrons. The van der Waals surface area contributed by atoms with Gasteiger partial charge in [0.15, 0.2) is 0 Å². The average molecular weight is 410 g/mol. The van der Waals surface area contributed by atoms with E-state index in [1.807, 2.05) is 69.3 Å². The highest BCUT2D eigenvalue weighted by Gasteiger charge is 2.15. The zero-order valence-electron chi connectivity index (χ0n) is 18.2. The average Bonchev–Trinajstić information content (AvgIpc) is 2.98. The molecule has 0 saturated heterocycles. The summed E-state index contributed by atoms with van der Waals surface area (Å²) in [5, 5.41) is 3.03. The topological polar surface area (TPSA) is 65.3 Å². The number of aryl methyl sites for hydroxylation is 2. The van der Waals surface area contributed by atoms with Crippen molar-refractivity contribution in [1.29, 1.82) is 0 Å². The molecule has 1 atom stereocenters. The number of benzene rings is 2. The number of carbonyl (C=O) groups is 1. The molecule has 0 aliphatic heterocycles. The lowest BCUT2D eigenvalue weighted by molar-refractivity contribution is -0.121. The number of amides is 1. The van der Waals surface area contributed by atoms with Crippen molar-refractivity contribution in [3.8, 4) is 5.75 Å². The number of para-hydroxylation sites is 2. The summed E-state index contributed by atoms with van der Waals surface area (Å²) in [6.07, 6.45) is 1.22. The fourth-order valence-corrected chi connectivity index (χ4v) is 3.67. The van der Waals surface area contributed by atoms with Crippen LogP contribution in [0.15, 0.2) is 53.3 Å². The van der Waals surface area contributed by atoms with Gasteiger partial charge in [0, 0.05) is 19.5 Å². The first-order chi connectivity index (χ1) is 14.4. The van der Waals surface area contributed by atoms with Crippen molar-refractivity contribution in [3.63, 3.8) is 0 Å². The molecular weight excluding hydrogens is 378 g/mol. The lowest BCUT2D eigenvalue weighted by Crippen LogP contribution is -2.30. The Morgan fingerprint density at radius 1 is 1.00 bits per heavy atom. The molecule has 0 fully saturated rings. The van der Waals surface area contributed by atoms with Gasteiger partial charge in [-0.05, 0) is 57.0 Å². The van der Waals surface area contributed by atoms with Gasteiger partial charge in [-0.2, -0.15) is 0 Å². The first kappa shape index (κ1) is 21.7. The van der Waals surface area contributed by atoms with E-state index in [2.05, 4.69) is 12.2 Å². The summed E-state index contributed by atoms with van der Waals surface area (Å²) in [5.74, 6) is 0.704. The molecule has 1 heterocycles. The van der Waals surface area contributed by atoms with Gasteiger partial charge >= 0.3 is 5.69 Å². The molecule has 1 unspecified atom stereocenters. The molecule has 6 heteroatoms. The number of rotatable bonds is 9. The van der Waals surface area contributed by atoms with Crippen LogP contribution in [0.5, 0.6) is 5.75 Å². The van der Waals surface area contributed by atoms with Gasteiger partial charge in [0.2, 0.25) is 5.91 Å². The summed E-state index contributed by atoms with van der Waals surface area (Å²) in [6.45, 7) is 8.99. The Bertz CT molecular complexity index is 1060. The maximum absolute atomic E-state index is 12.8. The minimum atomic E-state index is -0.147. The van der Waals surface area contributed by atoms with Gasteiger partial charge in [-0.15, -0.1) is 0 Å². The first-order valence-corrected chi connectivity index (χ1v) is 10.6. The van der Waals surface area contributed by atoms with Crippen LogP contribution in [0.1, 0.15) is 52.1 Å². The van der Waals surface area contributed by atoms with Gasteiger partial charge in [0.25, 0.3) is 0 Å². The van der Waals surface area contributed by atoms with E-state index < -0.39 is 0 Å². The summed E-state index contributed by atoms with van der Waals surface area (Å²) in [6, 6.07) is 15.4. The Balaban J connectivity index is 1.68. The number of fused-ring (bicyclic) bond motifs is 1. The number of imidazole rings is 1. The molecule has 0 aliphatic carbocycles. The van der Waals surface area contributed by atoms with E-state index in [9.17, 15) is 9.59 Å². The molecule has 0 saturated carbocycles. The van der Waals surface area contributed by atoms with Gasteiger partial charge < -0.3 is 10.1 Å². The second-order valence-corrected chi connectivity index (χ2v) is 7.85. The van der Waals surface area contributed by atoms with Crippen LogP contribution >= 0.6 is 0 Å². The fraction of sp³-hybridized carbons (Fsp3) is 0.417. The standard InChI is InChI=1S/C24H31N3O3/c1-5-14-26-21-11-6-7-12-22(21)27(24(26)29)15-13-23(28)25-18(4)19-9-8-10-20(16-19)30-17(2)3/h6-12,16-18H,5,13-15H2,1-4H3,(H,25,28). The number of ether oxygens (including phenoxy) is 1. The Morgan fingerprint density at radius 3 is 2.30 bits per heavy atom. The lowest BCUT2D eigenvalue weighted by Gasteiger charge is -2.16. The molecule has 1 N–H and O–H groups in total. The number of nitrogens with zero attached hydrogens (tertiary/aromatic N) is 2. The van der Waals surface area contributed by atoms with Crippen LogP contribution in [-0.4, -0.2) is 21.1 Å². The molecule has 2 aromatic carbocycles. The van der Waals surface area contributed by atoms with Crippen LogP contribution in [-0.2, 0) is 17.9 Å². The lowest BCUT2D eigenvalue weighted by atomic mass is 10.1.